The van der Waals surface area contributed by atoms with Crippen molar-refractivity contribution in [2.45, 2.75) is 17.7 Å². The number of sulfonamides is 1. The van der Waals surface area contributed by atoms with Crippen molar-refractivity contribution >= 4 is 15.7 Å². The molecule has 0 amide bonds. The smallest absolute Gasteiger partial charge is 0.242 e. The largest absolute Gasteiger partial charge is 0.387 e. The molecule has 1 fully saturated rings. The predicted molar refractivity (Wildman–Crippen MR) is 81.4 cm³/mol. The van der Waals surface area contributed by atoms with Gasteiger partial charge in [0.05, 0.1) is 5.69 Å². The van der Waals surface area contributed by atoms with Crippen LogP contribution in [0.2, 0.25) is 0 Å². The first-order valence-corrected chi connectivity index (χ1v) is 8.46. The van der Waals surface area contributed by atoms with E-state index in [1.807, 2.05) is 6.07 Å². The van der Waals surface area contributed by atoms with Gasteiger partial charge in [-0.25, -0.2) is 13.1 Å². The average molecular weight is 297 g/mol. The van der Waals surface area contributed by atoms with Crippen LogP contribution in [0.15, 0.2) is 29.2 Å². The molecular weight excluding hydrogens is 274 g/mol. The Kier molecular flexibility index (Phi) is 5.01. The van der Waals surface area contributed by atoms with Gasteiger partial charge in [0, 0.05) is 13.6 Å². The summed E-state index contributed by atoms with van der Waals surface area (Å²) in [6.07, 6.45) is 2.10. The number of nitrogens with zero attached hydrogens (tertiary/aromatic N) is 1. The summed E-state index contributed by atoms with van der Waals surface area (Å²) in [5, 5.41) is 2.92. The van der Waals surface area contributed by atoms with E-state index >= 15 is 0 Å². The first-order valence-electron chi connectivity index (χ1n) is 6.98. The fraction of sp³-hybridized carbons (Fsp3) is 0.571. The molecule has 1 aromatic carbocycles. The molecule has 1 saturated heterocycles. The standard InChI is InChI=1S/C14H23N3O2S/c1-15-13-5-3-4-6-14(13)20(18,19)16-11-12-7-9-17(2)10-8-12/h3-6,12,15-16H,7-11H2,1-2H3. The second kappa shape index (κ2) is 6.56. The Bertz CT molecular complexity index is 537. The number of piperidine rings is 1. The highest BCUT2D eigenvalue weighted by Crippen LogP contribution is 2.21. The number of para-hydroxylation sites is 1. The van der Waals surface area contributed by atoms with Crippen LogP contribution in [0, 0.1) is 5.92 Å². The molecule has 1 aliphatic heterocycles. The maximum Gasteiger partial charge on any atom is 0.242 e. The third-order valence-corrected chi connectivity index (χ3v) is 5.33. The maximum atomic E-state index is 12.4. The first kappa shape index (κ1) is 15.3. The molecule has 0 aliphatic carbocycles. The highest BCUT2D eigenvalue weighted by molar-refractivity contribution is 7.89. The van der Waals surface area contributed by atoms with Crippen LogP contribution in [-0.2, 0) is 10.0 Å². The Hall–Kier alpha value is -1.11. The average Bonchev–Trinajstić information content (AvgIpc) is 2.46. The summed E-state index contributed by atoms with van der Waals surface area (Å²) in [4.78, 5) is 2.59. The molecule has 1 aromatic rings. The molecule has 112 valence electrons. The molecule has 1 aliphatic rings. The normalized spacial score (nSPS) is 18.1. The van der Waals surface area contributed by atoms with Gasteiger partial charge in [0.1, 0.15) is 4.90 Å². The Morgan fingerprint density at radius 3 is 2.55 bits per heavy atom. The van der Waals surface area contributed by atoms with Gasteiger partial charge >= 0.3 is 0 Å². The lowest BCUT2D eigenvalue weighted by Crippen LogP contribution is -2.37. The van der Waals surface area contributed by atoms with E-state index < -0.39 is 10.0 Å². The van der Waals surface area contributed by atoms with Gasteiger partial charge in [0.25, 0.3) is 0 Å². The van der Waals surface area contributed by atoms with Crippen LogP contribution in [0.5, 0.6) is 0 Å². The van der Waals surface area contributed by atoms with Crippen LogP contribution in [-0.4, -0.2) is 47.0 Å². The van der Waals surface area contributed by atoms with E-state index in [-0.39, 0.29) is 0 Å². The van der Waals surface area contributed by atoms with E-state index in [2.05, 4.69) is 22.0 Å². The fourth-order valence-corrected chi connectivity index (χ4v) is 3.81. The van der Waals surface area contributed by atoms with Crippen molar-refractivity contribution in [1.82, 2.24) is 9.62 Å². The van der Waals surface area contributed by atoms with Gasteiger partial charge in [-0.1, -0.05) is 12.1 Å². The van der Waals surface area contributed by atoms with Gasteiger partial charge in [0.2, 0.25) is 10.0 Å². The monoisotopic (exact) mass is 297 g/mol. The summed E-state index contributed by atoms with van der Waals surface area (Å²) in [7, 11) is 0.386. The second-order valence-corrected chi connectivity index (χ2v) is 7.08. The minimum atomic E-state index is -3.44. The quantitative estimate of drug-likeness (QED) is 0.861. The maximum absolute atomic E-state index is 12.4. The number of rotatable bonds is 5. The predicted octanol–water partition coefficient (Wildman–Crippen LogP) is 1.35. The van der Waals surface area contributed by atoms with Crippen LogP contribution in [0.1, 0.15) is 12.8 Å². The van der Waals surface area contributed by atoms with Crippen molar-refractivity contribution in [3.05, 3.63) is 24.3 Å². The van der Waals surface area contributed by atoms with Crippen molar-refractivity contribution in [2.24, 2.45) is 5.92 Å². The molecule has 6 heteroatoms. The molecule has 20 heavy (non-hydrogen) atoms. The van der Waals surface area contributed by atoms with E-state index in [1.165, 1.54) is 0 Å². The Balaban J connectivity index is 2.00. The summed E-state index contributed by atoms with van der Waals surface area (Å²) in [5.74, 6) is 0.433. The third kappa shape index (κ3) is 3.71. The van der Waals surface area contributed by atoms with Crippen molar-refractivity contribution in [1.29, 1.82) is 0 Å². The summed E-state index contributed by atoms with van der Waals surface area (Å²) in [5.41, 5.74) is 0.628. The zero-order valence-electron chi connectivity index (χ0n) is 12.1. The number of hydrogen-bond donors (Lipinski definition) is 2. The molecule has 2 rings (SSSR count). The third-order valence-electron chi connectivity index (χ3n) is 3.85. The molecule has 2 N–H and O–H groups in total. The van der Waals surface area contributed by atoms with E-state index in [4.69, 9.17) is 0 Å². The number of likely N-dealkylation sites (tertiary alicyclic amines) is 1. The molecule has 0 radical (unpaired) electrons. The topological polar surface area (TPSA) is 61.4 Å². The van der Waals surface area contributed by atoms with E-state index in [0.717, 1.165) is 25.9 Å². The lowest BCUT2D eigenvalue weighted by Gasteiger charge is -2.28. The van der Waals surface area contributed by atoms with Crippen LogP contribution in [0.3, 0.4) is 0 Å². The van der Waals surface area contributed by atoms with Crippen LogP contribution < -0.4 is 10.0 Å². The van der Waals surface area contributed by atoms with E-state index in [0.29, 0.717) is 23.0 Å². The van der Waals surface area contributed by atoms with Gasteiger partial charge in [0.15, 0.2) is 0 Å². The van der Waals surface area contributed by atoms with Crippen molar-refractivity contribution in [3.8, 4) is 0 Å². The highest BCUT2D eigenvalue weighted by atomic mass is 32.2. The summed E-state index contributed by atoms with van der Waals surface area (Å²) < 4.78 is 27.5. The Morgan fingerprint density at radius 1 is 1.25 bits per heavy atom. The zero-order valence-corrected chi connectivity index (χ0v) is 12.9. The highest BCUT2D eigenvalue weighted by Gasteiger charge is 2.21. The minimum absolute atomic E-state index is 0.315. The van der Waals surface area contributed by atoms with Crippen LogP contribution in [0.4, 0.5) is 5.69 Å². The Morgan fingerprint density at radius 2 is 1.90 bits per heavy atom. The summed E-state index contributed by atoms with van der Waals surface area (Å²) in [6, 6.07) is 6.96. The van der Waals surface area contributed by atoms with E-state index in [1.54, 1.807) is 25.2 Å². The lowest BCUT2D eigenvalue weighted by atomic mass is 9.98. The molecule has 0 bridgehead atoms. The SMILES string of the molecule is CNc1ccccc1S(=O)(=O)NCC1CCN(C)CC1. The number of anilines is 1. The Labute approximate surface area is 121 Å². The lowest BCUT2D eigenvalue weighted by molar-refractivity contribution is 0.220. The second-order valence-electron chi connectivity index (χ2n) is 5.34. The van der Waals surface area contributed by atoms with E-state index in [9.17, 15) is 8.42 Å². The number of benzene rings is 1. The fourth-order valence-electron chi connectivity index (χ4n) is 2.48. The molecule has 0 unspecified atom stereocenters. The molecule has 5 nitrogen and oxygen atoms in total. The van der Waals surface area contributed by atoms with Crippen LogP contribution >= 0.6 is 0 Å². The van der Waals surface area contributed by atoms with Gasteiger partial charge in [-0.15, -0.1) is 0 Å². The van der Waals surface area contributed by atoms with Gasteiger partial charge in [-0.3, -0.25) is 0 Å². The van der Waals surface area contributed by atoms with Gasteiger partial charge in [-0.05, 0) is 51.0 Å². The van der Waals surface area contributed by atoms with Crippen molar-refractivity contribution in [2.75, 3.05) is 39.0 Å². The molecule has 0 atom stereocenters. The molecule has 0 saturated carbocycles. The number of nitrogens with one attached hydrogen (secondary N) is 2. The first-order chi connectivity index (χ1) is 9.53. The molecule has 0 aromatic heterocycles. The van der Waals surface area contributed by atoms with Gasteiger partial charge < -0.3 is 10.2 Å². The minimum Gasteiger partial charge on any atom is -0.387 e. The van der Waals surface area contributed by atoms with Crippen LogP contribution in [0.25, 0.3) is 0 Å². The summed E-state index contributed by atoms with van der Waals surface area (Å²) >= 11 is 0. The van der Waals surface area contributed by atoms with Crippen molar-refractivity contribution < 1.29 is 8.42 Å². The molecule has 1 heterocycles. The molecule has 0 spiro atoms. The van der Waals surface area contributed by atoms with Crippen molar-refractivity contribution in [3.63, 3.8) is 0 Å². The summed E-state index contributed by atoms with van der Waals surface area (Å²) in [6.45, 7) is 2.60. The number of hydrogen-bond acceptors (Lipinski definition) is 4. The zero-order chi connectivity index (χ0) is 14.6. The molecular formula is C14H23N3O2S. The van der Waals surface area contributed by atoms with Gasteiger partial charge in [-0.2, -0.15) is 0 Å².